The summed E-state index contributed by atoms with van der Waals surface area (Å²) in [6, 6.07) is 8.69. The SMILES string of the molecule is COc1c(Cl)cc(Cl)cc1C(=O)NC(=S)Nc1ccccc1OC(F)F. The molecule has 0 aliphatic carbocycles. The van der Waals surface area contributed by atoms with E-state index in [1.807, 2.05) is 0 Å². The number of para-hydroxylation sites is 2. The summed E-state index contributed by atoms with van der Waals surface area (Å²) in [6.07, 6.45) is 0. The third kappa shape index (κ3) is 5.17. The minimum atomic E-state index is -3.00. The van der Waals surface area contributed by atoms with Gasteiger partial charge in [-0.25, -0.2) is 0 Å². The normalized spacial score (nSPS) is 10.4. The van der Waals surface area contributed by atoms with Gasteiger partial charge in [0, 0.05) is 5.02 Å². The Hall–Kier alpha value is -2.16. The molecule has 10 heteroatoms. The van der Waals surface area contributed by atoms with E-state index in [9.17, 15) is 13.6 Å². The lowest BCUT2D eigenvalue weighted by molar-refractivity contribution is -0.0493. The summed E-state index contributed by atoms with van der Waals surface area (Å²) < 4.78 is 34.4. The van der Waals surface area contributed by atoms with Crippen molar-refractivity contribution < 1.29 is 23.0 Å². The molecule has 0 aromatic heterocycles. The summed E-state index contributed by atoms with van der Waals surface area (Å²) in [6.45, 7) is -3.00. The molecular weight excluding hydrogens is 409 g/mol. The third-order valence-electron chi connectivity index (χ3n) is 3.04. The van der Waals surface area contributed by atoms with Crippen LogP contribution in [0.5, 0.6) is 11.5 Å². The molecule has 0 aliphatic heterocycles. The average molecular weight is 421 g/mol. The van der Waals surface area contributed by atoms with Crippen LogP contribution in [0.3, 0.4) is 0 Å². The molecule has 0 spiro atoms. The first-order valence-electron chi connectivity index (χ1n) is 7.01. The molecule has 2 aromatic carbocycles. The fourth-order valence-corrected chi connectivity index (χ4v) is 2.80. The van der Waals surface area contributed by atoms with E-state index in [1.54, 1.807) is 6.07 Å². The number of rotatable bonds is 5. The first-order chi connectivity index (χ1) is 12.3. The average Bonchev–Trinajstić information content (AvgIpc) is 2.55. The maximum absolute atomic E-state index is 12.4. The number of halogens is 4. The summed E-state index contributed by atoms with van der Waals surface area (Å²) in [4.78, 5) is 12.4. The van der Waals surface area contributed by atoms with Crippen LogP contribution in [-0.2, 0) is 0 Å². The van der Waals surface area contributed by atoms with Gasteiger partial charge in [0.2, 0.25) is 0 Å². The first kappa shape index (κ1) is 20.2. The van der Waals surface area contributed by atoms with Crippen molar-refractivity contribution in [3.8, 4) is 11.5 Å². The first-order valence-corrected chi connectivity index (χ1v) is 8.17. The fraction of sp³-hybridized carbons (Fsp3) is 0.125. The third-order valence-corrected chi connectivity index (χ3v) is 3.74. The Morgan fingerprint density at radius 1 is 1.23 bits per heavy atom. The maximum atomic E-state index is 12.4. The van der Waals surface area contributed by atoms with Crippen LogP contribution in [-0.4, -0.2) is 24.7 Å². The van der Waals surface area contributed by atoms with Crippen molar-refractivity contribution in [1.29, 1.82) is 0 Å². The second-order valence-corrected chi connectivity index (χ2v) is 6.00. The Balaban J connectivity index is 2.15. The fourth-order valence-electron chi connectivity index (χ4n) is 2.03. The predicted octanol–water partition coefficient (Wildman–Crippen LogP) is 4.73. The van der Waals surface area contributed by atoms with E-state index in [1.165, 1.54) is 37.4 Å². The van der Waals surface area contributed by atoms with Crippen molar-refractivity contribution in [3.63, 3.8) is 0 Å². The van der Waals surface area contributed by atoms with Gasteiger partial charge in [-0.1, -0.05) is 35.3 Å². The number of anilines is 1. The quantitative estimate of drug-likeness (QED) is 0.684. The Kier molecular flexibility index (Phi) is 6.96. The number of hydrogen-bond acceptors (Lipinski definition) is 4. The number of carbonyl (C=O) groups excluding carboxylic acids is 1. The largest absolute Gasteiger partial charge is 0.494 e. The second kappa shape index (κ2) is 8.98. The summed E-state index contributed by atoms with van der Waals surface area (Å²) in [5, 5.41) is 5.26. The number of thiocarbonyl (C=S) groups is 1. The van der Waals surface area contributed by atoms with Gasteiger partial charge in [-0.2, -0.15) is 8.78 Å². The van der Waals surface area contributed by atoms with Crippen molar-refractivity contribution in [1.82, 2.24) is 5.32 Å². The van der Waals surface area contributed by atoms with Crippen LogP contribution in [0.4, 0.5) is 14.5 Å². The standard InChI is InChI=1S/C16H12Cl2F2N2O3S/c1-24-13-9(6-8(17)7-10(13)18)14(23)22-16(26)21-11-4-2-3-5-12(11)25-15(19)20/h2-7,15H,1H3,(H2,21,22,23,26). The van der Waals surface area contributed by atoms with Gasteiger partial charge in [-0.05, 0) is 36.5 Å². The number of carbonyl (C=O) groups is 1. The molecule has 0 bridgehead atoms. The van der Waals surface area contributed by atoms with E-state index >= 15 is 0 Å². The van der Waals surface area contributed by atoms with E-state index < -0.39 is 12.5 Å². The Morgan fingerprint density at radius 2 is 1.92 bits per heavy atom. The highest BCUT2D eigenvalue weighted by atomic mass is 35.5. The van der Waals surface area contributed by atoms with Crippen molar-refractivity contribution in [2.75, 3.05) is 12.4 Å². The number of amides is 1. The molecule has 2 N–H and O–H groups in total. The molecule has 26 heavy (non-hydrogen) atoms. The molecule has 0 radical (unpaired) electrons. The summed E-state index contributed by atoms with van der Waals surface area (Å²) in [5.74, 6) is -0.642. The molecule has 0 heterocycles. The van der Waals surface area contributed by atoms with Gasteiger partial charge in [0.25, 0.3) is 5.91 Å². The Labute approximate surface area is 163 Å². The van der Waals surface area contributed by atoms with Gasteiger partial charge in [-0.15, -0.1) is 0 Å². The van der Waals surface area contributed by atoms with Gasteiger partial charge in [-0.3, -0.25) is 10.1 Å². The lowest BCUT2D eigenvalue weighted by atomic mass is 10.2. The highest BCUT2D eigenvalue weighted by Crippen LogP contribution is 2.32. The highest BCUT2D eigenvalue weighted by Gasteiger charge is 2.18. The van der Waals surface area contributed by atoms with Crippen LogP contribution >= 0.6 is 35.4 Å². The number of hydrogen-bond donors (Lipinski definition) is 2. The van der Waals surface area contributed by atoms with Crippen LogP contribution in [0.25, 0.3) is 0 Å². The van der Waals surface area contributed by atoms with Gasteiger partial charge in [0.15, 0.2) is 5.11 Å². The number of alkyl halides is 2. The zero-order chi connectivity index (χ0) is 19.3. The van der Waals surface area contributed by atoms with Crippen molar-refractivity contribution in [2.24, 2.45) is 0 Å². The molecule has 0 saturated heterocycles. The van der Waals surface area contributed by atoms with Gasteiger partial charge < -0.3 is 14.8 Å². The van der Waals surface area contributed by atoms with Crippen LogP contribution in [0.2, 0.25) is 10.0 Å². The van der Waals surface area contributed by atoms with Crippen molar-refractivity contribution in [2.45, 2.75) is 6.61 Å². The summed E-state index contributed by atoms with van der Waals surface area (Å²) in [5.41, 5.74) is 0.223. The molecule has 0 fully saturated rings. The van der Waals surface area contributed by atoms with Gasteiger partial charge >= 0.3 is 6.61 Å². The number of nitrogens with one attached hydrogen (secondary N) is 2. The molecule has 5 nitrogen and oxygen atoms in total. The van der Waals surface area contributed by atoms with Crippen molar-refractivity contribution in [3.05, 3.63) is 52.0 Å². The summed E-state index contributed by atoms with van der Waals surface area (Å²) >= 11 is 16.9. The Morgan fingerprint density at radius 3 is 2.58 bits per heavy atom. The van der Waals surface area contributed by atoms with Crippen LogP contribution in [0.15, 0.2) is 36.4 Å². The molecule has 0 saturated carbocycles. The van der Waals surface area contributed by atoms with E-state index in [4.69, 9.17) is 40.2 Å². The zero-order valence-electron chi connectivity index (χ0n) is 13.2. The number of benzene rings is 2. The van der Waals surface area contributed by atoms with Gasteiger partial charge in [0.1, 0.15) is 11.5 Å². The maximum Gasteiger partial charge on any atom is 0.387 e. The smallest absolute Gasteiger partial charge is 0.387 e. The minimum absolute atomic E-state index is 0.0614. The van der Waals surface area contributed by atoms with Crippen LogP contribution < -0.4 is 20.1 Å². The van der Waals surface area contributed by atoms with Crippen LogP contribution in [0, 0.1) is 0 Å². The molecule has 2 rings (SSSR count). The lowest BCUT2D eigenvalue weighted by Crippen LogP contribution is -2.34. The van der Waals surface area contributed by atoms with Crippen molar-refractivity contribution >= 4 is 52.1 Å². The van der Waals surface area contributed by atoms with E-state index in [0.717, 1.165) is 0 Å². The molecule has 0 atom stereocenters. The van der Waals surface area contributed by atoms with Gasteiger partial charge in [0.05, 0.1) is 23.4 Å². The molecular formula is C16H12Cl2F2N2O3S. The lowest BCUT2D eigenvalue weighted by Gasteiger charge is -2.15. The number of methoxy groups -OCH3 is 1. The van der Waals surface area contributed by atoms with E-state index in [2.05, 4.69) is 15.4 Å². The molecule has 2 aromatic rings. The zero-order valence-corrected chi connectivity index (χ0v) is 15.5. The number of ether oxygens (including phenoxy) is 2. The van der Waals surface area contributed by atoms with Crippen LogP contribution in [0.1, 0.15) is 10.4 Å². The monoisotopic (exact) mass is 420 g/mol. The summed E-state index contributed by atoms with van der Waals surface area (Å²) in [7, 11) is 1.35. The highest BCUT2D eigenvalue weighted by molar-refractivity contribution is 7.80. The minimum Gasteiger partial charge on any atom is -0.494 e. The Bertz CT molecular complexity index is 837. The molecule has 0 aliphatic rings. The van der Waals surface area contributed by atoms with E-state index in [-0.39, 0.29) is 37.9 Å². The molecule has 1 amide bonds. The van der Waals surface area contributed by atoms with E-state index in [0.29, 0.717) is 0 Å². The second-order valence-electron chi connectivity index (χ2n) is 4.75. The topological polar surface area (TPSA) is 59.6 Å². The molecule has 138 valence electrons. The predicted molar refractivity (Wildman–Crippen MR) is 99.8 cm³/mol. The molecule has 0 unspecified atom stereocenters.